The number of halogens is 4. The van der Waals surface area contributed by atoms with Gasteiger partial charge in [0.15, 0.2) is 5.13 Å². The summed E-state index contributed by atoms with van der Waals surface area (Å²) in [5, 5.41) is 0.797. The maximum Gasteiger partial charge on any atom is 0.416 e. The molecule has 1 atom stereocenters. The number of nitrogens with two attached hydrogens (primary N) is 1. The fourth-order valence-corrected chi connectivity index (χ4v) is 3.81. The first-order valence-electron chi connectivity index (χ1n) is 5.98. The lowest BCUT2D eigenvalue weighted by molar-refractivity contribution is -0.137. The van der Waals surface area contributed by atoms with Crippen molar-refractivity contribution in [2.75, 3.05) is 5.73 Å². The minimum atomic E-state index is -4.37. The standard InChI is InChI=1S/C13H10ClF3N2S/c14-9-3-1-6(13(15,16)17)5-8(9)7-2-4-10-11(7)20-12(18)19-10/h1,3,5,7H,2,4H2,(H2,18,19). The van der Waals surface area contributed by atoms with Gasteiger partial charge in [-0.2, -0.15) is 13.2 Å². The lowest BCUT2D eigenvalue weighted by Crippen LogP contribution is -2.07. The highest BCUT2D eigenvalue weighted by molar-refractivity contribution is 7.15. The highest BCUT2D eigenvalue weighted by atomic mass is 35.5. The molecule has 1 heterocycles. The Morgan fingerprint density at radius 1 is 1.35 bits per heavy atom. The van der Waals surface area contributed by atoms with Crippen LogP contribution in [0.3, 0.4) is 0 Å². The number of anilines is 1. The van der Waals surface area contributed by atoms with Crippen LogP contribution in [0.15, 0.2) is 18.2 Å². The lowest BCUT2D eigenvalue weighted by atomic mass is 9.96. The predicted molar refractivity (Wildman–Crippen MR) is 73.1 cm³/mol. The monoisotopic (exact) mass is 318 g/mol. The maximum atomic E-state index is 12.8. The van der Waals surface area contributed by atoms with E-state index in [9.17, 15) is 13.2 Å². The fourth-order valence-electron chi connectivity index (χ4n) is 2.53. The molecule has 0 spiro atoms. The van der Waals surface area contributed by atoms with Gasteiger partial charge in [-0.25, -0.2) is 4.98 Å². The summed E-state index contributed by atoms with van der Waals surface area (Å²) in [5.41, 5.74) is 6.37. The molecule has 0 saturated carbocycles. The van der Waals surface area contributed by atoms with Crippen molar-refractivity contribution >= 4 is 28.1 Å². The number of alkyl halides is 3. The average molecular weight is 319 g/mol. The zero-order valence-electron chi connectivity index (χ0n) is 10.2. The highest BCUT2D eigenvalue weighted by Crippen LogP contribution is 2.45. The molecule has 1 aromatic carbocycles. The molecule has 1 aliphatic carbocycles. The number of aryl methyl sites for hydroxylation is 1. The van der Waals surface area contributed by atoms with E-state index in [2.05, 4.69) is 4.98 Å². The lowest BCUT2D eigenvalue weighted by Gasteiger charge is -2.15. The molecule has 0 bridgehead atoms. The van der Waals surface area contributed by atoms with E-state index in [1.54, 1.807) is 0 Å². The maximum absolute atomic E-state index is 12.8. The summed E-state index contributed by atoms with van der Waals surface area (Å²) in [7, 11) is 0. The molecule has 106 valence electrons. The first-order chi connectivity index (χ1) is 9.36. The summed E-state index contributed by atoms with van der Waals surface area (Å²) in [6, 6.07) is 3.45. The van der Waals surface area contributed by atoms with Crippen molar-refractivity contribution in [2.24, 2.45) is 0 Å². The van der Waals surface area contributed by atoms with E-state index in [4.69, 9.17) is 17.3 Å². The van der Waals surface area contributed by atoms with Crippen LogP contribution in [0.4, 0.5) is 18.3 Å². The molecule has 1 aliphatic rings. The van der Waals surface area contributed by atoms with E-state index in [1.165, 1.54) is 17.4 Å². The van der Waals surface area contributed by atoms with Crippen LogP contribution in [0.1, 0.15) is 34.0 Å². The molecule has 1 unspecified atom stereocenters. The number of thiazole rings is 1. The van der Waals surface area contributed by atoms with Crippen molar-refractivity contribution in [1.82, 2.24) is 4.98 Å². The van der Waals surface area contributed by atoms with Gasteiger partial charge in [-0.05, 0) is 36.6 Å². The topological polar surface area (TPSA) is 38.9 Å². The second-order valence-electron chi connectivity index (χ2n) is 4.69. The van der Waals surface area contributed by atoms with Crippen LogP contribution in [0, 0.1) is 0 Å². The van der Waals surface area contributed by atoms with E-state index >= 15 is 0 Å². The molecule has 2 nitrogen and oxygen atoms in total. The van der Waals surface area contributed by atoms with Crippen LogP contribution in [-0.2, 0) is 12.6 Å². The molecule has 0 fully saturated rings. The van der Waals surface area contributed by atoms with Crippen LogP contribution in [0.25, 0.3) is 0 Å². The molecule has 0 saturated heterocycles. The van der Waals surface area contributed by atoms with Gasteiger partial charge in [0, 0.05) is 15.8 Å². The number of hydrogen-bond acceptors (Lipinski definition) is 3. The number of rotatable bonds is 1. The molecular formula is C13H10ClF3N2S. The molecule has 20 heavy (non-hydrogen) atoms. The summed E-state index contributed by atoms with van der Waals surface area (Å²) in [6.07, 6.45) is -2.93. The van der Waals surface area contributed by atoms with Crippen molar-refractivity contribution in [2.45, 2.75) is 24.9 Å². The molecule has 0 aliphatic heterocycles. The van der Waals surface area contributed by atoms with Crippen LogP contribution in [0.2, 0.25) is 5.02 Å². The minimum Gasteiger partial charge on any atom is -0.375 e. The zero-order chi connectivity index (χ0) is 14.5. The van der Waals surface area contributed by atoms with Gasteiger partial charge in [0.25, 0.3) is 0 Å². The van der Waals surface area contributed by atoms with E-state index < -0.39 is 11.7 Å². The highest BCUT2D eigenvalue weighted by Gasteiger charge is 2.34. The van der Waals surface area contributed by atoms with E-state index in [1.807, 2.05) is 0 Å². The van der Waals surface area contributed by atoms with Crippen molar-refractivity contribution in [3.8, 4) is 0 Å². The summed E-state index contributed by atoms with van der Waals surface area (Å²) >= 11 is 7.41. The quantitative estimate of drug-likeness (QED) is 0.842. The summed E-state index contributed by atoms with van der Waals surface area (Å²) in [4.78, 5) is 5.13. The van der Waals surface area contributed by atoms with Gasteiger partial charge in [0.2, 0.25) is 0 Å². The second kappa shape index (κ2) is 4.63. The van der Waals surface area contributed by atoms with Gasteiger partial charge < -0.3 is 5.73 Å². The number of aromatic nitrogens is 1. The smallest absolute Gasteiger partial charge is 0.375 e. The summed E-state index contributed by atoms with van der Waals surface area (Å²) in [6.45, 7) is 0. The van der Waals surface area contributed by atoms with Gasteiger partial charge >= 0.3 is 6.18 Å². The van der Waals surface area contributed by atoms with Crippen molar-refractivity contribution in [3.05, 3.63) is 44.9 Å². The number of benzene rings is 1. The Labute approximate surface area is 122 Å². The summed E-state index contributed by atoms with van der Waals surface area (Å²) < 4.78 is 38.4. The normalized spacial score (nSPS) is 18.3. The Morgan fingerprint density at radius 2 is 2.10 bits per heavy atom. The molecule has 0 radical (unpaired) electrons. The van der Waals surface area contributed by atoms with Crippen LogP contribution < -0.4 is 5.73 Å². The first kappa shape index (κ1) is 13.7. The average Bonchev–Trinajstić information content (AvgIpc) is 2.87. The van der Waals surface area contributed by atoms with E-state index in [-0.39, 0.29) is 5.92 Å². The number of hydrogen-bond donors (Lipinski definition) is 1. The molecule has 3 rings (SSSR count). The van der Waals surface area contributed by atoms with Crippen molar-refractivity contribution in [3.63, 3.8) is 0 Å². The Kier molecular flexibility index (Phi) is 3.17. The molecule has 2 N–H and O–H groups in total. The van der Waals surface area contributed by atoms with Gasteiger partial charge in [-0.1, -0.05) is 11.6 Å². The Morgan fingerprint density at radius 3 is 2.80 bits per heavy atom. The second-order valence-corrected chi connectivity index (χ2v) is 6.16. The van der Waals surface area contributed by atoms with Gasteiger partial charge in [-0.3, -0.25) is 0 Å². The molecule has 7 heteroatoms. The SMILES string of the molecule is Nc1nc2c(s1)C(c1cc(C(F)(F)F)ccc1Cl)CC2. The molecular weight excluding hydrogens is 309 g/mol. The third-order valence-electron chi connectivity index (χ3n) is 3.43. The van der Waals surface area contributed by atoms with Crippen LogP contribution >= 0.6 is 22.9 Å². The van der Waals surface area contributed by atoms with Gasteiger partial charge in [-0.15, -0.1) is 11.3 Å². The van der Waals surface area contributed by atoms with Crippen LogP contribution in [-0.4, -0.2) is 4.98 Å². The summed E-state index contributed by atoms with van der Waals surface area (Å²) in [5.74, 6) is -0.144. The minimum absolute atomic E-state index is 0.144. The zero-order valence-corrected chi connectivity index (χ0v) is 11.7. The molecule has 0 amide bonds. The third-order valence-corrected chi connectivity index (χ3v) is 4.81. The van der Waals surface area contributed by atoms with Crippen LogP contribution in [0.5, 0.6) is 0 Å². The van der Waals surface area contributed by atoms with Crippen molar-refractivity contribution < 1.29 is 13.2 Å². The Bertz CT molecular complexity index is 666. The van der Waals surface area contributed by atoms with E-state index in [0.717, 1.165) is 35.5 Å². The van der Waals surface area contributed by atoms with Gasteiger partial charge in [0.05, 0.1) is 11.3 Å². The van der Waals surface area contributed by atoms with E-state index in [0.29, 0.717) is 15.7 Å². The number of nitrogens with zero attached hydrogens (tertiary/aromatic N) is 1. The predicted octanol–water partition coefficient (Wildman–Crippen LogP) is 4.48. The fraction of sp³-hybridized carbons (Fsp3) is 0.308. The third kappa shape index (κ3) is 2.27. The Balaban J connectivity index is 2.07. The molecule has 2 aromatic rings. The largest absolute Gasteiger partial charge is 0.416 e. The van der Waals surface area contributed by atoms with Gasteiger partial charge in [0.1, 0.15) is 0 Å². The Hall–Kier alpha value is -1.27. The first-order valence-corrected chi connectivity index (χ1v) is 7.17. The number of fused-ring (bicyclic) bond motifs is 1. The van der Waals surface area contributed by atoms with Crippen molar-refractivity contribution in [1.29, 1.82) is 0 Å². The molecule has 1 aromatic heterocycles. The number of nitrogen functional groups attached to an aromatic ring is 1.